The summed E-state index contributed by atoms with van der Waals surface area (Å²) < 4.78 is 5.58. The van der Waals surface area contributed by atoms with Crippen LogP contribution in [0.5, 0.6) is 0 Å². The van der Waals surface area contributed by atoms with Gasteiger partial charge in [-0.2, -0.15) is 0 Å². The molecule has 2 aromatic carbocycles. The zero-order valence-electron chi connectivity index (χ0n) is 14.5. The number of nitro groups is 1. The van der Waals surface area contributed by atoms with Crippen molar-refractivity contribution in [2.75, 3.05) is 7.05 Å². The molecule has 0 N–H and O–H groups in total. The SMILES string of the molecule is CN(Cc1nnc(-c2ccccc2)o1)C(=O)/C=C/c1ccc([N+](=O)[O-])cc1. The Labute approximate surface area is 154 Å². The van der Waals surface area contributed by atoms with Gasteiger partial charge in [0.1, 0.15) is 0 Å². The molecule has 0 saturated carbocycles. The van der Waals surface area contributed by atoms with E-state index in [1.807, 2.05) is 30.3 Å². The van der Waals surface area contributed by atoms with Gasteiger partial charge in [-0.1, -0.05) is 18.2 Å². The first-order valence-electron chi connectivity index (χ1n) is 8.08. The van der Waals surface area contributed by atoms with Crippen LogP contribution in [0, 0.1) is 10.1 Å². The van der Waals surface area contributed by atoms with E-state index in [-0.39, 0.29) is 18.1 Å². The molecule has 0 atom stereocenters. The van der Waals surface area contributed by atoms with Gasteiger partial charge in [0.2, 0.25) is 17.7 Å². The third-order valence-corrected chi connectivity index (χ3v) is 3.76. The van der Waals surface area contributed by atoms with Crippen molar-refractivity contribution in [2.24, 2.45) is 0 Å². The van der Waals surface area contributed by atoms with E-state index in [0.29, 0.717) is 17.3 Å². The maximum absolute atomic E-state index is 12.2. The van der Waals surface area contributed by atoms with Crippen molar-refractivity contribution in [2.45, 2.75) is 6.54 Å². The number of aromatic nitrogens is 2. The fraction of sp³-hybridized carbons (Fsp3) is 0.105. The summed E-state index contributed by atoms with van der Waals surface area (Å²) in [5.74, 6) is 0.467. The third-order valence-electron chi connectivity index (χ3n) is 3.76. The van der Waals surface area contributed by atoms with E-state index in [4.69, 9.17) is 4.42 Å². The van der Waals surface area contributed by atoms with Gasteiger partial charge in [0.15, 0.2) is 0 Å². The van der Waals surface area contributed by atoms with Crippen LogP contribution in [0.1, 0.15) is 11.5 Å². The van der Waals surface area contributed by atoms with E-state index in [2.05, 4.69) is 10.2 Å². The molecule has 1 heterocycles. The Kier molecular flexibility index (Phi) is 5.36. The molecule has 0 saturated heterocycles. The molecule has 3 rings (SSSR count). The van der Waals surface area contributed by atoms with Gasteiger partial charge < -0.3 is 9.32 Å². The van der Waals surface area contributed by atoms with Gasteiger partial charge in [-0.3, -0.25) is 14.9 Å². The lowest BCUT2D eigenvalue weighted by Crippen LogP contribution is -2.24. The maximum Gasteiger partial charge on any atom is 0.269 e. The lowest BCUT2D eigenvalue weighted by molar-refractivity contribution is -0.384. The predicted octanol–water partition coefficient (Wildman–Crippen LogP) is 3.32. The standard InChI is InChI=1S/C19H16N4O4/c1-22(13-17-20-21-19(27-17)15-5-3-2-4-6-15)18(24)12-9-14-7-10-16(11-8-14)23(25)26/h2-12H,13H2,1H3/b12-9+. The van der Waals surface area contributed by atoms with Gasteiger partial charge in [0.05, 0.1) is 11.5 Å². The summed E-state index contributed by atoms with van der Waals surface area (Å²) in [5, 5.41) is 18.6. The highest BCUT2D eigenvalue weighted by Crippen LogP contribution is 2.17. The number of amides is 1. The monoisotopic (exact) mass is 364 g/mol. The predicted molar refractivity (Wildman–Crippen MR) is 98.3 cm³/mol. The number of carbonyl (C=O) groups is 1. The fourth-order valence-electron chi connectivity index (χ4n) is 2.30. The summed E-state index contributed by atoms with van der Waals surface area (Å²) in [6, 6.07) is 15.3. The van der Waals surface area contributed by atoms with Crippen LogP contribution in [-0.4, -0.2) is 33.0 Å². The first kappa shape index (κ1) is 18.0. The second kappa shape index (κ2) is 8.05. The molecule has 3 aromatic rings. The van der Waals surface area contributed by atoms with Crippen LogP contribution in [0.4, 0.5) is 5.69 Å². The van der Waals surface area contributed by atoms with Crippen LogP contribution in [0.25, 0.3) is 17.5 Å². The Bertz CT molecular complexity index is 965. The Morgan fingerprint density at radius 1 is 1.15 bits per heavy atom. The van der Waals surface area contributed by atoms with E-state index in [1.54, 1.807) is 25.3 Å². The molecule has 136 valence electrons. The van der Waals surface area contributed by atoms with Gasteiger partial charge >= 0.3 is 0 Å². The molecular weight excluding hydrogens is 348 g/mol. The zero-order valence-corrected chi connectivity index (χ0v) is 14.5. The van der Waals surface area contributed by atoms with Crippen molar-refractivity contribution in [3.63, 3.8) is 0 Å². The molecule has 0 aliphatic rings. The Hall–Kier alpha value is -3.81. The minimum absolute atomic E-state index is 0.00112. The summed E-state index contributed by atoms with van der Waals surface area (Å²) in [7, 11) is 1.62. The molecule has 0 aliphatic carbocycles. The number of carbonyl (C=O) groups excluding carboxylic acids is 1. The molecule has 8 heteroatoms. The van der Waals surface area contributed by atoms with Crippen molar-refractivity contribution in [1.82, 2.24) is 15.1 Å². The molecule has 0 aliphatic heterocycles. The van der Waals surface area contributed by atoms with Crippen LogP contribution < -0.4 is 0 Å². The number of nitro benzene ring substituents is 1. The van der Waals surface area contributed by atoms with Crippen LogP contribution >= 0.6 is 0 Å². The second-order valence-corrected chi connectivity index (χ2v) is 5.74. The van der Waals surface area contributed by atoms with Crippen molar-refractivity contribution in [3.05, 3.63) is 82.2 Å². The average Bonchev–Trinajstić information content (AvgIpc) is 3.15. The first-order valence-corrected chi connectivity index (χ1v) is 8.08. The van der Waals surface area contributed by atoms with E-state index in [0.717, 1.165) is 5.56 Å². The lowest BCUT2D eigenvalue weighted by Gasteiger charge is -2.11. The highest BCUT2D eigenvalue weighted by Gasteiger charge is 2.13. The third kappa shape index (κ3) is 4.63. The van der Waals surface area contributed by atoms with Crippen molar-refractivity contribution in [3.8, 4) is 11.5 Å². The quantitative estimate of drug-likeness (QED) is 0.378. The minimum Gasteiger partial charge on any atom is -0.419 e. The normalized spacial score (nSPS) is 10.9. The molecule has 0 spiro atoms. The Balaban J connectivity index is 1.60. The van der Waals surface area contributed by atoms with Crippen LogP contribution in [0.15, 0.2) is 65.1 Å². The average molecular weight is 364 g/mol. The summed E-state index contributed by atoms with van der Waals surface area (Å²) in [5.41, 5.74) is 1.50. The largest absolute Gasteiger partial charge is 0.419 e. The maximum atomic E-state index is 12.2. The van der Waals surface area contributed by atoms with Crippen molar-refractivity contribution >= 4 is 17.7 Å². The van der Waals surface area contributed by atoms with Gasteiger partial charge in [0, 0.05) is 30.8 Å². The van der Waals surface area contributed by atoms with E-state index in [1.165, 1.54) is 23.1 Å². The van der Waals surface area contributed by atoms with Gasteiger partial charge in [0.25, 0.3) is 5.69 Å². The lowest BCUT2D eigenvalue weighted by atomic mass is 10.2. The molecule has 1 amide bonds. The molecule has 8 nitrogen and oxygen atoms in total. The van der Waals surface area contributed by atoms with Crippen molar-refractivity contribution < 1.29 is 14.1 Å². The van der Waals surface area contributed by atoms with Crippen LogP contribution in [-0.2, 0) is 11.3 Å². The molecule has 0 radical (unpaired) electrons. The van der Waals surface area contributed by atoms with Gasteiger partial charge in [-0.15, -0.1) is 10.2 Å². The minimum atomic E-state index is -0.472. The van der Waals surface area contributed by atoms with Crippen molar-refractivity contribution in [1.29, 1.82) is 0 Å². The Morgan fingerprint density at radius 3 is 2.52 bits per heavy atom. The molecule has 0 bridgehead atoms. The Morgan fingerprint density at radius 2 is 1.85 bits per heavy atom. The summed E-state index contributed by atoms with van der Waals surface area (Å²) in [6.07, 6.45) is 2.97. The number of likely N-dealkylation sites (N-methyl/N-ethyl adjacent to an activating group) is 1. The molecular formula is C19H16N4O4. The highest BCUT2D eigenvalue weighted by atomic mass is 16.6. The fourth-order valence-corrected chi connectivity index (χ4v) is 2.30. The topological polar surface area (TPSA) is 102 Å². The molecule has 0 fully saturated rings. The van der Waals surface area contributed by atoms with Gasteiger partial charge in [-0.05, 0) is 35.9 Å². The zero-order chi connectivity index (χ0) is 19.2. The van der Waals surface area contributed by atoms with E-state index < -0.39 is 4.92 Å². The molecule has 0 unspecified atom stereocenters. The van der Waals surface area contributed by atoms with Gasteiger partial charge in [-0.25, -0.2) is 0 Å². The van der Waals surface area contributed by atoms with Crippen LogP contribution in [0.3, 0.4) is 0 Å². The van der Waals surface area contributed by atoms with Crippen LogP contribution in [0.2, 0.25) is 0 Å². The smallest absolute Gasteiger partial charge is 0.269 e. The number of hydrogen-bond acceptors (Lipinski definition) is 6. The highest BCUT2D eigenvalue weighted by molar-refractivity contribution is 5.91. The van der Waals surface area contributed by atoms with E-state index in [9.17, 15) is 14.9 Å². The first-order chi connectivity index (χ1) is 13.0. The molecule has 27 heavy (non-hydrogen) atoms. The van der Waals surface area contributed by atoms with E-state index >= 15 is 0 Å². The summed E-state index contributed by atoms with van der Waals surface area (Å²) in [6.45, 7) is 0.170. The summed E-state index contributed by atoms with van der Waals surface area (Å²) >= 11 is 0. The number of benzene rings is 2. The number of nitrogens with zero attached hydrogens (tertiary/aromatic N) is 4. The second-order valence-electron chi connectivity index (χ2n) is 5.74. The molecule has 1 aromatic heterocycles. The number of non-ortho nitro benzene ring substituents is 1. The number of rotatable bonds is 6. The summed E-state index contributed by atoms with van der Waals surface area (Å²) in [4.78, 5) is 23.8. The number of hydrogen-bond donors (Lipinski definition) is 0.